The van der Waals surface area contributed by atoms with Gasteiger partial charge in [0, 0.05) is 38.3 Å². The Labute approximate surface area is 103 Å². The van der Waals surface area contributed by atoms with E-state index in [2.05, 4.69) is 4.90 Å². The lowest BCUT2D eigenvalue weighted by Gasteiger charge is -2.44. The highest BCUT2D eigenvalue weighted by Gasteiger charge is 2.38. The highest BCUT2D eigenvalue weighted by molar-refractivity contribution is 5.69. The molecule has 5 heteroatoms. The van der Waals surface area contributed by atoms with E-state index in [1.54, 1.807) is 4.90 Å². The molecule has 0 aliphatic carbocycles. The average molecular weight is 241 g/mol. The van der Waals surface area contributed by atoms with E-state index in [0.717, 1.165) is 32.6 Å². The van der Waals surface area contributed by atoms with Gasteiger partial charge in [0.25, 0.3) is 0 Å². The molecule has 0 unspecified atom stereocenters. The van der Waals surface area contributed by atoms with E-state index in [0.29, 0.717) is 12.1 Å². The molecule has 0 spiro atoms. The first-order valence-corrected chi connectivity index (χ1v) is 6.33. The van der Waals surface area contributed by atoms with Crippen molar-refractivity contribution in [2.75, 3.05) is 26.2 Å². The van der Waals surface area contributed by atoms with Gasteiger partial charge in [0.1, 0.15) is 5.60 Å². The van der Waals surface area contributed by atoms with Crippen LogP contribution in [0.25, 0.3) is 0 Å². The second-order valence-corrected chi connectivity index (χ2v) is 6.08. The molecule has 2 rings (SSSR count). The van der Waals surface area contributed by atoms with E-state index >= 15 is 0 Å². The van der Waals surface area contributed by atoms with Crippen LogP contribution in [0.15, 0.2) is 0 Å². The molecule has 0 aromatic heterocycles. The molecule has 0 saturated carbocycles. The summed E-state index contributed by atoms with van der Waals surface area (Å²) >= 11 is 0. The second-order valence-electron chi connectivity index (χ2n) is 6.08. The van der Waals surface area contributed by atoms with Gasteiger partial charge in [-0.25, -0.2) is 4.79 Å². The number of hydrogen-bond acceptors (Lipinski definition) is 4. The van der Waals surface area contributed by atoms with Crippen LogP contribution in [-0.4, -0.2) is 59.8 Å². The van der Waals surface area contributed by atoms with Crippen molar-refractivity contribution < 1.29 is 9.53 Å². The Bertz CT molecular complexity index is 295. The standard InChI is InChI=1S/C12H23N3O2/c1-12(2,3)17-11(16)15-7-10(8-15)14-5-4-9(13)6-14/h9-10H,4-8,13H2,1-3H3/t9-/m1/s1. The van der Waals surface area contributed by atoms with Crippen LogP contribution in [0.3, 0.4) is 0 Å². The molecule has 0 bridgehead atoms. The van der Waals surface area contributed by atoms with Crippen molar-refractivity contribution in [3.63, 3.8) is 0 Å². The van der Waals surface area contributed by atoms with Gasteiger partial charge in [-0.05, 0) is 27.2 Å². The van der Waals surface area contributed by atoms with Gasteiger partial charge in [-0.2, -0.15) is 0 Å². The number of hydrogen-bond donors (Lipinski definition) is 1. The highest BCUT2D eigenvalue weighted by Crippen LogP contribution is 2.21. The van der Waals surface area contributed by atoms with Gasteiger partial charge in [0.2, 0.25) is 0 Å². The molecule has 0 aromatic carbocycles. The minimum Gasteiger partial charge on any atom is -0.444 e. The quantitative estimate of drug-likeness (QED) is 0.732. The molecule has 1 amide bonds. The third-order valence-corrected chi connectivity index (χ3v) is 3.29. The van der Waals surface area contributed by atoms with E-state index in [-0.39, 0.29) is 6.09 Å². The van der Waals surface area contributed by atoms with Crippen LogP contribution in [0.1, 0.15) is 27.2 Å². The van der Waals surface area contributed by atoms with Gasteiger partial charge in [-0.3, -0.25) is 4.90 Å². The van der Waals surface area contributed by atoms with Crippen molar-refractivity contribution in [3.05, 3.63) is 0 Å². The van der Waals surface area contributed by atoms with Gasteiger partial charge in [-0.1, -0.05) is 0 Å². The van der Waals surface area contributed by atoms with E-state index in [9.17, 15) is 4.79 Å². The van der Waals surface area contributed by atoms with Crippen LogP contribution in [0.2, 0.25) is 0 Å². The van der Waals surface area contributed by atoms with Gasteiger partial charge >= 0.3 is 6.09 Å². The van der Waals surface area contributed by atoms with Gasteiger partial charge in [0.15, 0.2) is 0 Å². The molecule has 2 saturated heterocycles. The summed E-state index contributed by atoms with van der Waals surface area (Å²) in [5.41, 5.74) is 5.47. The predicted octanol–water partition coefficient (Wildman–Crippen LogP) is 0.639. The van der Waals surface area contributed by atoms with Gasteiger partial charge < -0.3 is 15.4 Å². The van der Waals surface area contributed by atoms with E-state index in [1.807, 2.05) is 20.8 Å². The normalized spacial score (nSPS) is 27.1. The van der Waals surface area contributed by atoms with Crippen LogP contribution >= 0.6 is 0 Å². The van der Waals surface area contributed by atoms with Gasteiger partial charge in [0.05, 0.1) is 0 Å². The largest absolute Gasteiger partial charge is 0.444 e. The lowest BCUT2D eigenvalue weighted by atomic mass is 10.1. The molecule has 98 valence electrons. The van der Waals surface area contributed by atoms with Crippen molar-refractivity contribution >= 4 is 6.09 Å². The summed E-state index contributed by atoms with van der Waals surface area (Å²) in [4.78, 5) is 15.9. The van der Waals surface area contributed by atoms with Crippen LogP contribution in [-0.2, 0) is 4.74 Å². The maximum absolute atomic E-state index is 11.7. The molecule has 0 radical (unpaired) electrons. The fourth-order valence-corrected chi connectivity index (χ4v) is 2.31. The summed E-state index contributed by atoms with van der Waals surface area (Å²) in [6.45, 7) is 9.26. The molecule has 2 fully saturated rings. The smallest absolute Gasteiger partial charge is 0.410 e. The molecule has 0 aromatic rings. The Balaban J connectivity index is 1.73. The zero-order valence-corrected chi connectivity index (χ0v) is 11.0. The molecule has 1 atom stereocenters. The molecule has 2 aliphatic rings. The minimum atomic E-state index is -0.405. The van der Waals surface area contributed by atoms with Crippen molar-refractivity contribution in [2.45, 2.75) is 44.9 Å². The number of ether oxygens (including phenoxy) is 1. The summed E-state index contributed by atoms with van der Waals surface area (Å²) in [5.74, 6) is 0. The lowest BCUT2D eigenvalue weighted by Crippen LogP contribution is -2.61. The zero-order valence-electron chi connectivity index (χ0n) is 11.0. The Kier molecular flexibility index (Phi) is 3.32. The van der Waals surface area contributed by atoms with Crippen molar-refractivity contribution in [2.24, 2.45) is 5.73 Å². The number of nitrogens with two attached hydrogens (primary N) is 1. The summed E-state index contributed by atoms with van der Waals surface area (Å²) in [7, 11) is 0. The third kappa shape index (κ3) is 3.10. The van der Waals surface area contributed by atoms with Crippen LogP contribution in [0, 0.1) is 0 Å². The number of carbonyl (C=O) groups is 1. The van der Waals surface area contributed by atoms with Crippen LogP contribution < -0.4 is 5.73 Å². The minimum absolute atomic E-state index is 0.197. The summed E-state index contributed by atoms with van der Waals surface area (Å²) in [6, 6.07) is 0.793. The molecule has 17 heavy (non-hydrogen) atoms. The number of carbonyl (C=O) groups excluding carboxylic acids is 1. The zero-order chi connectivity index (χ0) is 12.6. The SMILES string of the molecule is CC(C)(C)OC(=O)N1CC(N2CC[C@@H](N)C2)C1. The van der Waals surface area contributed by atoms with E-state index in [4.69, 9.17) is 10.5 Å². The Hall–Kier alpha value is -0.810. The van der Waals surface area contributed by atoms with Gasteiger partial charge in [-0.15, -0.1) is 0 Å². The highest BCUT2D eigenvalue weighted by atomic mass is 16.6. The summed E-state index contributed by atoms with van der Waals surface area (Å²) in [6.07, 6.45) is 0.875. The van der Waals surface area contributed by atoms with E-state index < -0.39 is 5.60 Å². The Morgan fingerprint density at radius 2 is 1.94 bits per heavy atom. The van der Waals surface area contributed by atoms with Crippen LogP contribution in [0.5, 0.6) is 0 Å². The first-order valence-electron chi connectivity index (χ1n) is 6.33. The topological polar surface area (TPSA) is 58.8 Å². The number of amides is 1. The van der Waals surface area contributed by atoms with Crippen LogP contribution in [0.4, 0.5) is 4.79 Å². The predicted molar refractivity (Wildman–Crippen MR) is 65.8 cm³/mol. The number of likely N-dealkylation sites (tertiary alicyclic amines) is 2. The molecule has 2 N–H and O–H groups in total. The number of nitrogens with zero attached hydrogens (tertiary/aromatic N) is 2. The second kappa shape index (κ2) is 4.46. The van der Waals surface area contributed by atoms with Crippen molar-refractivity contribution in [3.8, 4) is 0 Å². The fraction of sp³-hybridized carbons (Fsp3) is 0.917. The molecule has 5 nitrogen and oxygen atoms in total. The van der Waals surface area contributed by atoms with Crippen molar-refractivity contribution in [1.82, 2.24) is 9.80 Å². The molecular formula is C12H23N3O2. The molecular weight excluding hydrogens is 218 g/mol. The average Bonchev–Trinajstić information content (AvgIpc) is 2.45. The Morgan fingerprint density at radius 3 is 2.41 bits per heavy atom. The van der Waals surface area contributed by atoms with Crippen molar-refractivity contribution in [1.29, 1.82) is 0 Å². The maximum Gasteiger partial charge on any atom is 0.410 e. The summed E-state index contributed by atoms with van der Waals surface area (Å²) in [5, 5.41) is 0. The molecule has 2 heterocycles. The summed E-state index contributed by atoms with van der Waals surface area (Å²) < 4.78 is 5.32. The lowest BCUT2D eigenvalue weighted by molar-refractivity contribution is -0.0114. The Morgan fingerprint density at radius 1 is 1.29 bits per heavy atom. The fourth-order valence-electron chi connectivity index (χ4n) is 2.31. The van der Waals surface area contributed by atoms with E-state index in [1.165, 1.54) is 0 Å². The number of rotatable bonds is 1. The maximum atomic E-state index is 11.7. The monoisotopic (exact) mass is 241 g/mol. The third-order valence-electron chi connectivity index (χ3n) is 3.29. The molecule has 2 aliphatic heterocycles. The first kappa shape index (κ1) is 12.6. The first-order chi connectivity index (χ1) is 7.85.